The third-order valence-corrected chi connectivity index (χ3v) is 2.13. The van der Waals surface area contributed by atoms with Gasteiger partial charge in [0.25, 0.3) is 0 Å². The normalized spacial score (nSPS) is 14.9. The van der Waals surface area contributed by atoms with E-state index in [0.717, 1.165) is 6.42 Å². The first-order valence-corrected chi connectivity index (χ1v) is 4.14. The van der Waals surface area contributed by atoms with Gasteiger partial charge in [-0.3, -0.25) is 4.99 Å². The molecule has 1 aliphatic heterocycles. The van der Waals surface area contributed by atoms with Gasteiger partial charge in [0, 0.05) is 18.8 Å². The highest BCUT2D eigenvalue weighted by atomic mass is 14.7. The smallest absolute Gasteiger partial charge is 0.0299 e. The summed E-state index contributed by atoms with van der Waals surface area (Å²) in [6.07, 6.45) is 4.82. The molecule has 0 atom stereocenters. The molecule has 0 amide bonds. The molecule has 0 aliphatic carbocycles. The predicted octanol–water partition coefficient (Wildman–Crippen LogP) is 2.67. The van der Waals surface area contributed by atoms with Crippen molar-refractivity contribution in [1.29, 1.82) is 0 Å². The Kier molecular flexibility index (Phi) is 1.78. The Morgan fingerprint density at radius 2 is 2.08 bits per heavy atom. The Hall–Kier alpha value is -1.37. The van der Waals surface area contributed by atoms with Crippen molar-refractivity contribution in [1.82, 2.24) is 0 Å². The molecule has 0 aromatic heterocycles. The predicted molar refractivity (Wildman–Crippen MR) is 52.3 cm³/mol. The molecule has 1 aromatic carbocycles. The fourth-order valence-corrected chi connectivity index (χ4v) is 1.47. The second-order valence-electron chi connectivity index (χ2n) is 3.01. The standard InChI is InChI=1S/C11H11N/c1-9-8-12-7-6-10-4-2-3-5-11(9)10/h2-5,7-8H,6H2,1H3. The van der Waals surface area contributed by atoms with Gasteiger partial charge in [0.15, 0.2) is 0 Å². The monoisotopic (exact) mass is 157 g/mol. The molecule has 1 aromatic rings. The number of fused-ring (bicyclic) bond motifs is 1. The van der Waals surface area contributed by atoms with Crippen molar-refractivity contribution in [2.75, 3.05) is 0 Å². The Morgan fingerprint density at radius 1 is 1.25 bits per heavy atom. The number of benzene rings is 1. The van der Waals surface area contributed by atoms with Gasteiger partial charge in [0.05, 0.1) is 0 Å². The molecular weight excluding hydrogens is 146 g/mol. The average Bonchev–Trinajstić information content (AvgIpc) is 2.29. The molecule has 1 heterocycles. The highest BCUT2D eigenvalue weighted by molar-refractivity contribution is 5.75. The van der Waals surface area contributed by atoms with Crippen LogP contribution in [0, 0.1) is 0 Å². The van der Waals surface area contributed by atoms with Gasteiger partial charge in [-0.15, -0.1) is 0 Å². The maximum absolute atomic E-state index is 4.18. The maximum Gasteiger partial charge on any atom is 0.0299 e. The molecule has 1 heteroatoms. The van der Waals surface area contributed by atoms with Crippen LogP contribution in [-0.4, -0.2) is 6.21 Å². The van der Waals surface area contributed by atoms with Crippen molar-refractivity contribution < 1.29 is 0 Å². The van der Waals surface area contributed by atoms with Crippen molar-refractivity contribution in [3.63, 3.8) is 0 Å². The van der Waals surface area contributed by atoms with Crippen LogP contribution in [0.1, 0.15) is 18.1 Å². The van der Waals surface area contributed by atoms with Gasteiger partial charge in [-0.05, 0) is 23.6 Å². The first-order chi connectivity index (χ1) is 5.88. The number of nitrogens with zero attached hydrogens (tertiary/aromatic N) is 1. The van der Waals surface area contributed by atoms with E-state index in [2.05, 4.69) is 36.2 Å². The van der Waals surface area contributed by atoms with Crippen molar-refractivity contribution >= 4 is 11.8 Å². The van der Waals surface area contributed by atoms with Gasteiger partial charge in [-0.25, -0.2) is 0 Å². The van der Waals surface area contributed by atoms with Gasteiger partial charge >= 0.3 is 0 Å². The Morgan fingerprint density at radius 3 is 3.00 bits per heavy atom. The summed E-state index contributed by atoms with van der Waals surface area (Å²) >= 11 is 0. The summed E-state index contributed by atoms with van der Waals surface area (Å²) in [6, 6.07) is 8.45. The van der Waals surface area contributed by atoms with Crippen LogP contribution in [0.3, 0.4) is 0 Å². The van der Waals surface area contributed by atoms with E-state index in [1.807, 2.05) is 12.4 Å². The summed E-state index contributed by atoms with van der Waals surface area (Å²) in [5.41, 5.74) is 3.95. The minimum atomic E-state index is 0.948. The van der Waals surface area contributed by atoms with Crippen molar-refractivity contribution in [3.8, 4) is 0 Å². The zero-order valence-electron chi connectivity index (χ0n) is 7.12. The van der Waals surface area contributed by atoms with E-state index in [9.17, 15) is 0 Å². The molecule has 0 fully saturated rings. The van der Waals surface area contributed by atoms with Crippen LogP contribution in [0.25, 0.3) is 5.57 Å². The van der Waals surface area contributed by atoms with Crippen LogP contribution < -0.4 is 0 Å². The van der Waals surface area contributed by atoms with Crippen molar-refractivity contribution in [2.45, 2.75) is 13.3 Å². The molecule has 0 saturated heterocycles. The Balaban J connectivity index is 2.58. The first kappa shape index (κ1) is 7.29. The van der Waals surface area contributed by atoms with Crippen LogP contribution in [0.5, 0.6) is 0 Å². The fourth-order valence-electron chi connectivity index (χ4n) is 1.47. The van der Waals surface area contributed by atoms with E-state index < -0.39 is 0 Å². The quantitative estimate of drug-likeness (QED) is 0.549. The number of allylic oxidation sites excluding steroid dienone is 1. The van der Waals surface area contributed by atoms with Crippen LogP contribution >= 0.6 is 0 Å². The lowest BCUT2D eigenvalue weighted by Crippen LogP contribution is -1.89. The zero-order chi connectivity index (χ0) is 8.39. The molecule has 2 rings (SSSR count). The topological polar surface area (TPSA) is 12.4 Å². The minimum absolute atomic E-state index is 0.948. The van der Waals surface area contributed by atoms with E-state index in [1.165, 1.54) is 16.7 Å². The summed E-state index contributed by atoms with van der Waals surface area (Å²) < 4.78 is 0. The molecule has 0 radical (unpaired) electrons. The third kappa shape index (κ3) is 1.18. The second-order valence-corrected chi connectivity index (χ2v) is 3.01. The molecule has 0 spiro atoms. The lowest BCUT2D eigenvalue weighted by atomic mass is 10.0. The molecule has 0 bridgehead atoms. The van der Waals surface area contributed by atoms with E-state index in [0.29, 0.717) is 0 Å². The highest BCUT2D eigenvalue weighted by Crippen LogP contribution is 2.20. The molecule has 1 aliphatic rings. The van der Waals surface area contributed by atoms with Gasteiger partial charge in [0.1, 0.15) is 0 Å². The largest absolute Gasteiger partial charge is 0.268 e. The molecular formula is C11H11N. The van der Waals surface area contributed by atoms with Gasteiger partial charge < -0.3 is 0 Å². The summed E-state index contributed by atoms with van der Waals surface area (Å²) in [5.74, 6) is 0. The Labute approximate surface area is 72.5 Å². The SMILES string of the molecule is CC1=CN=CCc2ccccc21. The van der Waals surface area contributed by atoms with Crippen molar-refractivity contribution in [2.24, 2.45) is 4.99 Å². The van der Waals surface area contributed by atoms with Gasteiger partial charge in [0.2, 0.25) is 0 Å². The lowest BCUT2D eigenvalue weighted by molar-refractivity contribution is 1.34. The van der Waals surface area contributed by atoms with Gasteiger partial charge in [-0.2, -0.15) is 0 Å². The molecule has 0 unspecified atom stereocenters. The summed E-state index contributed by atoms with van der Waals surface area (Å²) in [4.78, 5) is 4.18. The maximum atomic E-state index is 4.18. The van der Waals surface area contributed by atoms with Crippen LogP contribution in [0.4, 0.5) is 0 Å². The molecule has 12 heavy (non-hydrogen) atoms. The van der Waals surface area contributed by atoms with E-state index >= 15 is 0 Å². The van der Waals surface area contributed by atoms with E-state index in [4.69, 9.17) is 0 Å². The number of hydrogen-bond acceptors (Lipinski definition) is 1. The lowest BCUT2D eigenvalue weighted by Gasteiger charge is -2.04. The molecule has 0 N–H and O–H groups in total. The summed E-state index contributed by atoms with van der Waals surface area (Å²) in [6.45, 7) is 2.10. The molecule has 1 nitrogen and oxygen atoms in total. The fraction of sp³-hybridized carbons (Fsp3) is 0.182. The summed E-state index contributed by atoms with van der Waals surface area (Å²) in [7, 11) is 0. The van der Waals surface area contributed by atoms with E-state index in [1.54, 1.807) is 0 Å². The minimum Gasteiger partial charge on any atom is -0.268 e. The number of hydrogen-bond donors (Lipinski definition) is 0. The number of aliphatic imine (C=N–C) groups is 1. The summed E-state index contributed by atoms with van der Waals surface area (Å²) in [5, 5.41) is 0. The Bertz CT molecular complexity index is 348. The molecule has 0 saturated carbocycles. The average molecular weight is 157 g/mol. The van der Waals surface area contributed by atoms with Gasteiger partial charge in [-0.1, -0.05) is 24.3 Å². The van der Waals surface area contributed by atoms with Crippen LogP contribution in [0.15, 0.2) is 35.5 Å². The van der Waals surface area contributed by atoms with E-state index in [-0.39, 0.29) is 0 Å². The molecule has 60 valence electrons. The zero-order valence-corrected chi connectivity index (χ0v) is 7.12. The third-order valence-electron chi connectivity index (χ3n) is 2.13. The first-order valence-electron chi connectivity index (χ1n) is 4.14. The number of rotatable bonds is 0. The van der Waals surface area contributed by atoms with Crippen LogP contribution in [0.2, 0.25) is 0 Å². The van der Waals surface area contributed by atoms with Crippen LogP contribution in [-0.2, 0) is 6.42 Å². The highest BCUT2D eigenvalue weighted by Gasteiger charge is 2.03. The van der Waals surface area contributed by atoms with Crippen molar-refractivity contribution in [3.05, 3.63) is 41.6 Å². The second kappa shape index (κ2) is 2.94.